The summed E-state index contributed by atoms with van der Waals surface area (Å²) in [6.07, 6.45) is -6.56. The second-order valence-electron chi connectivity index (χ2n) is 3.50. The average molecular weight is 264 g/mol. The van der Waals surface area contributed by atoms with Gasteiger partial charge in [-0.15, -0.1) is 0 Å². The molecule has 0 aliphatic rings. The molecule has 17 heavy (non-hydrogen) atoms. The first-order chi connectivity index (χ1) is 7.85. The van der Waals surface area contributed by atoms with Crippen LogP contribution in [0.3, 0.4) is 0 Å². The second kappa shape index (κ2) is 8.60. The van der Waals surface area contributed by atoms with Crippen molar-refractivity contribution in [1.29, 1.82) is 0 Å². The van der Waals surface area contributed by atoms with Gasteiger partial charge in [0.05, 0.1) is 6.54 Å². The molecule has 0 aliphatic carbocycles. The van der Waals surface area contributed by atoms with Gasteiger partial charge in [0, 0.05) is 26.2 Å². The van der Waals surface area contributed by atoms with E-state index in [0.717, 1.165) is 0 Å². The van der Waals surface area contributed by atoms with Gasteiger partial charge in [-0.25, -0.2) is 8.78 Å². The van der Waals surface area contributed by atoms with Gasteiger partial charge in [-0.3, -0.25) is 4.90 Å². The van der Waals surface area contributed by atoms with Crippen LogP contribution in [-0.4, -0.2) is 56.9 Å². The van der Waals surface area contributed by atoms with E-state index < -0.39 is 25.8 Å². The quantitative estimate of drug-likeness (QED) is 0.506. The second-order valence-corrected chi connectivity index (χ2v) is 3.50. The Balaban J connectivity index is 3.60. The molecule has 104 valence electrons. The highest BCUT2D eigenvalue weighted by molar-refractivity contribution is 4.60. The standard InChI is InChI=1S/C9H17F5N2O/c10-8(11)6-16(4-2-15)3-1-5-17-7-9(12,13)14/h8H,1-7,15H2. The Labute approximate surface area is 96.7 Å². The van der Waals surface area contributed by atoms with Crippen molar-refractivity contribution in [2.75, 3.05) is 39.4 Å². The summed E-state index contributed by atoms with van der Waals surface area (Å²) < 4.78 is 63.6. The molecule has 0 atom stereocenters. The van der Waals surface area contributed by atoms with E-state index in [2.05, 4.69) is 4.74 Å². The molecule has 0 saturated carbocycles. The van der Waals surface area contributed by atoms with Crippen molar-refractivity contribution in [2.45, 2.75) is 19.0 Å². The smallest absolute Gasteiger partial charge is 0.372 e. The molecule has 0 rings (SSSR count). The van der Waals surface area contributed by atoms with Gasteiger partial charge >= 0.3 is 6.18 Å². The lowest BCUT2D eigenvalue weighted by atomic mass is 10.3. The van der Waals surface area contributed by atoms with E-state index in [9.17, 15) is 22.0 Å². The van der Waals surface area contributed by atoms with Gasteiger partial charge in [0.25, 0.3) is 6.43 Å². The zero-order valence-corrected chi connectivity index (χ0v) is 9.35. The summed E-state index contributed by atoms with van der Waals surface area (Å²) in [6.45, 7) is -1.06. The summed E-state index contributed by atoms with van der Waals surface area (Å²) in [5.41, 5.74) is 5.23. The molecule has 0 aromatic rings. The van der Waals surface area contributed by atoms with Crippen molar-refractivity contribution in [1.82, 2.24) is 4.90 Å². The molecular formula is C9H17F5N2O. The molecule has 0 amide bonds. The Morgan fingerprint density at radius 3 is 2.29 bits per heavy atom. The molecule has 0 aromatic carbocycles. The molecule has 0 radical (unpaired) electrons. The van der Waals surface area contributed by atoms with Gasteiger partial charge in [-0.1, -0.05) is 0 Å². The highest BCUT2D eigenvalue weighted by atomic mass is 19.4. The SMILES string of the molecule is NCCN(CCCOCC(F)(F)F)CC(F)F. The Kier molecular flexibility index (Phi) is 8.36. The van der Waals surface area contributed by atoms with Crippen molar-refractivity contribution >= 4 is 0 Å². The maximum absolute atomic E-state index is 12.1. The van der Waals surface area contributed by atoms with Crippen LogP contribution in [0.15, 0.2) is 0 Å². The number of rotatable bonds is 9. The predicted molar refractivity (Wildman–Crippen MR) is 53.0 cm³/mol. The average Bonchev–Trinajstić information content (AvgIpc) is 2.14. The van der Waals surface area contributed by atoms with Crippen molar-refractivity contribution in [3.8, 4) is 0 Å². The highest BCUT2D eigenvalue weighted by Gasteiger charge is 2.27. The fraction of sp³-hybridized carbons (Fsp3) is 1.00. The molecular weight excluding hydrogens is 247 g/mol. The van der Waals surface area contributed by atoms with E-state index in [0.29, 0.717) is 6.54 Å². The highest BCUT2D eigenvalue weighted by Crippen LogP contribution is 2.14. The van der Waals surface area contributed by atoms with Gasteiger partial charge in [-0.05, 0) is 6.42 Å². The van der Waals surface area contributed by atoms with Crippen LogP contribution in [0.1, 0.15) is 6.42 Å². The van der Waals surface area contributed by atoms with Crippen LogP contribution in [0.25, 0.3) is 0 Å². The molecule has 0 heterocycles. The third-order valence-electron chi connectivity index (χ3n) is 1.87. The molecule has 0 bridgehead atoms. The van der Waals surface area contributed by atoms with E-state index in [4.69, 9.17) is 5.73 Å². The number of nitrogens with two attached hydrogens (primary N) is 1. The van der Waals surface area contributed by atoms with Crippen LogP contribution >= 0.6 is 0 Å². The Hall–Kier alpha value is -0.470. The lowest BCUT2D eigenvalue weighted by molar-refractivity contribution is -0.174. The van der Waals surface area contributed by atoms with Gasteiger partial charge in [0.15, 0.2) is 0 Å². The third-order valence-corrected chi connectivity index (χ3v) is 1.87. The number of halogens is 5. The number of hydrogen-bond donors (Lipinski definition) is 1. The molecule has 0 aromatic heterocycles. The minimum absolute atomic E-state index is 0.107. The molecule has 0 unspecified atom stereocenters. The van der Waals surface area contributed by atoms with Crippen LogP contribution < -0.4 is 5.73 Å². The molecule has 3 nitrogen and oxygen atoms in total. The molecule has 2 N–H and O–H groups in total. The number of alkyl halides is 5. The lowest BCUT2D eigenvalue weighted by Gasteiger charge is -2.20. The molecule has 0 aliphatic heterocycles. The van der Waals surface area contributed by atoms with Crippen molar-refractivity contribution in [3.63, 3.8) is 0 Å². The first-order valence-electron chi connectivity index (χ1n) is 5.20. The molecule has 0 fully saturated rings. The van der Waals surface area contributed by atoms with E-state index >= 15 is 0 Å². The lowest BCUT2D eigenvalue weighted by Crippen LogP contribution is -2.35. The predicted octanol–water partition coefficient (Wildman–Crippen LogP) is 1.48. The van der Waals surface area contributed by atoms with Crippen LogP contribution in [0.2, 0.25) is 0 Å². The van der Waals surface area contributed by atoms with E-state index in [1.807, 2.05) is 0 Å². The topological polar surface area (TPSA) is 38.5 Å². The Morgan fingerprint density at radius 1 is 1.18 bits per heavy atom. The number of hydrogen-bond acceptors (Lipinski definition) is 3. The Bertz CT molecular complexity index is 189. The number of ether oxygens (including phenoxy) is 1. The summed E-state index contributed by atoms with van der Waals surface area (Å²) in [6, 6.07) is 0. The molecule has 0 spiro atoms. The first-order valence-corrected chi connectivity index (χ1v) is 5.20. The van der Waals surface area contributed by atoms with Crippen molar-refractivity contribution < 1.29 is 26.7 Å². The third kappa shape index (κ3) is 11.8. The fourth-order valence-electron chi connectivity index (χ4n) is 1.25. The molecule has 0 saturated heterocycles. The monoisotopic (exact) mass is 264 g/mol. The fourth-order valence-corrected chi connectivity index (χ4v) is 1.25. The summed E-state index contributed by atoms with van der Waals surface area (Å²) in [5.74, 6) is 0. The van der Waals surface area contributed by atoms with Crippen LogP contribution in [0.5, 0.6) is 0 Å². The summed E-state index contributed by atoms with van der Waals surface area (Å²) in [7, 11) is 0. The summed E-state index contributed by atoms with van der Waals surface area (Å²) >= 11 is 0. The van der Waals surface area contributed by atoms with E-state index in [-0.39, 0.29) is 26.1 Å². The van der Waals surface area contributed by atoms with Gasteiger partial charge in [0.2, 0.25) is 0 Å². The van der Waals surface area contributed by atoms with E-state index in [1.54, 1.807) is 0 Å². The van der Waals surface area contributed by atoms with Gasteiger partial charge in [0.1, 0.15) is 6.61 Å². The van der Waals surface area contributed by atoms with Crippen LogP contribution in [0, 0.1) is 0 Å². The number of nitrogens with zero attached hydrogens (tertiary/aromatic N) is 1. The maximum Gasteiger partial charge on any atom is 0.411 e. The summed E-state index contributed by atoms with van der Waals surface area (Å²) in [4.78, 5) is 1.40. The minimum Gasteiger partial charge on any atom is -0.372 e. The zero-order valence-electron chi connectivity index (χ0n) is 9.35. The van der Waals surface area contributed by atoms with Crippen molar-refractivity contribution in [3.05, 3.63) is 0 Å². The largest absolute Gasteiger partial charge is 0.411 e. The summed E-state index contributed by atoms with van der Waals surface area (Å²) in [5, 5.41) is 0. The van der Waals surface area contributed by atoms with Gasteiger partial charge < -0.3 is 10.5 Å². The van der Waals surface area contributed by atoms with Gasteiger partial charge in [-0.2, -0.15) is 13.2 Å². The Morgan fingerprint density at radius 2 is 1.82 bits per heavy atom. The normalized spacial score (nSPS) is 12.7. The van der Waals surface area contributed by atoms with Crippen LogP contribution in [0.4, 0.5) is 22.0 Å². The van der Waals surface area contributed by atoms with Crippen molar-refractivity contribution in [2.24, 2.45) is 5.73 Å². The minimum atomic E-state index is -4.35. The maximum atomic E-state index is 12.1. The van der Waals surface area contributed by atoms with E-state index in [1.165, 1.54) is 4.90 Å². The van der Waals surface area contributed by atoms with Crippen LogP contribution in [-0.2, 0) is 4.74 Å². The zero-order chi connectivity index (χ0) is 13.3. The molecule has 8 heteroatoms. The first kappa shape index (κ1) is 16.5.